The zero-order valence-electron chi connectivity index (χ0n) is 9.17. The number of hydrogen-bond acceptors (Lipinski definition) is 4. The molecule has 3 N–H and O–H groups in total. The van der Waals surface area contributed by atoms with Crippen LogP contribution >= 0.6 is 0 Å². The maximum absolute atomic E-state index is 13.4. The zero-order valence-corrected chi connectivity index (χ0v) is 9.99. The van der Waals surface area contributed by atoms with Gasteiger partial charge in [0.25, 0.3) is 10.0 Å². The molecule has 1 aromatic carbocycles. The molecule has 0 atom stereocenters. The lowest BCUT2D eigenvalue weighted by molar-refractivity contribution is 0.570. The summed E-state index contributed by atoms with van der Waals surface area (Å²) in [5.74, 6) is -0.615. The first-order valence-corrected chi connectivity index (χ1v) is 6.47. The van der Waals surface area contributed by atoms with Crippen LogP contribution in [0.2, 0.25) is 0 Å². The Morgan fingerprint density at radius 2 is 1.83 bits per heavy atom. The fourth-order valence-corrected chi connectivity index (χ4v) is 2.45. The predicted molar refractivity (Wildman–Crippen MR) is 65.9 cm³/mol. The Morgan fingerprint density at radius 1 is 1.11 bits per heavy atom. The van der Waals surface area contributed by atoms with E-state index in [9.17, 15) is 12.8 Å². The van der Waals surface area contributed by atoms with Crippen LogP contribution in [0.25, 0.3) is 0 Å². The van der Waals surface area contributed by atoms with Gasteiger partial charge in [-0.05, 0) is 24.3 Å². The van der Waals surface area contributed by atoms with Crippen molar-refractivity contribution in [2.75, 3.05) is 10.5 Å². The molecule has 0 saturated heterocycles. The van der Waals surface area contributed by atoms with Gasteiger partial charge in [0.15, 0.2) is 0 Å². The van der Waals surface area contributed by atoms with Crippen LogP contribution < -0.4 is 10.5 Å². The van der Waals surface area contributed by atoms with Gasteiger partial charge in [0.05, 0.1) is 0 Å². The maximum atomic E-state index is 13.4. The Labute approximate surface area is 104 Å². The van der Waals surface area contributed by atoms with E-state index in [1.165, 1.54) is 30.3 Å². The monoisotopic (exact) mass is 267 g/mol. The van der Waals surface area contributed by atoms with E-state index in [-0.39, 0.29) is 11.6 Å². The Balaban J connectivity index is 2.37. The molecule has 0 unspecified atom stereocenters. The van der Waals surface area contributed by atoms with E-state index in [1.807, 2.05) is 0 Å². The molecule has 0 saturated carbocycles. The summed E-state index contributed by atoms with van der Waals surface area (Å²) in [6, 6.07) is 9.57. The summed E-state index contributed by atoms with van der Waals surface area (Å²) in [7, 11) is -4.00. The molecule has 18 heavy (non-hydrogen) atoms. The van der Waals surface area contributed by atoms with Gasteiger partial charge in [-0.1, -0.05) is 18.2 Å². The molecule has 0 fully saturated rings. The molecule has 5 nitrogen and oxygen atoms in total. The molecule has 0 aliphatic carbocycles. The second-order valence-corrected chi connectivity index (χ2v) is 5.13. The highest BCUT2D eigenvalue weighted by Crippen LogP contribution is 2.17. The van der Waals surface area contributed by atoms with E-state index >= 15 is 0 Å². The second kappa shape index (κ2) is 4.61. The second-order valence-electron chi connectivity index (χ2n) is 3.48. The third-order valence-electron chi connectivity index (χ3n) is 2.14. The van der Waals surface area contributed by atoms with E-state index in [4.69, 9.17) is 5.73 Å². The van der Waals surface area contributed by atoms with Gasteiger partial charge in [-0.15, -0.1) is 0 Å². The van der Waals surface area contributed by atoms with Crippen molar-refractivity contribution in [2.24, 2.45) is 0 Å². The van der Waals surface area contributed by atoms with Gasteiger partial charge in [0, 0.05) is 0 Å². The third kappa shape index (κ3) is 2.57. The molecule has 2 aromatic rings. The molecular formula is C11H10FN3O2S. The van der Waals surface area contributed by atoms with Crippen LogP contribution in [0.3, 0.4) is 0 Å². The van der Waals surface area contributed by atoms with Crippen molar-refractivity contribution in [3.63, 3.8) is 0 Å². The summed E-state index contributed by atoms with van der Waals surface area (Å²) in [4.78, 5) is 3.34. The fraction of sp³-hybridized carbons (Fsp3) is 0. The van der Waals surface area contributed by atoms with Crippen LogP contribution in [0.5, 0.6) is 0 Å². The smallest absolute Gasteiger partial charge is 0.265 e. The number of nitrogen functional groups attached to an aromatic ring is 1. The summed E-state index contributed by atoms with van der Waals surface area (Å²) in [5.41, 5.74) is 5.43. The molecule has 7 heteroatoms. The lowest BCUT2D eigenvalue weighted by atomic mass is 10.4. The first-order chi connectivity index (χ1) is 8.49. The van der Waals surface area contributed by atoms with Crippen LogP contribution in [0.15, 0.2) is 47.4 Å². The van der Waals surface area contributed by atoms with Gasteiger partial charge in [-0.3, -0.25) is 4.72 Å². The predicted octanol–water partition coefficient (Wildman–Crippen LogP) is 1.60. The highest BCUT2D eigenvalue weighted by atomic mass is 32.2. The van der Waals surface area contributed by atoms with E-state index < -0.39 is 20.7 Å². The number of sulfonamides is 1. The van der Waals surface area contributed by atoms with Gasteiger partial charge in [-0.2, -0.15) is 0 Å². The quantitative estimate of drug-likeness (QED) is 0.884. The van der Waals surface area contributed by atoms with E-state index in [2.05, 4.69) is 9.71 Å². The van der Waals surface area contributed by atoms with Crippen molar-refractivity contribution in [3.05, 3.63) is 48.3 Å². The highest BCUT2D eigenvalue weighted by Gasteiger charge is 2.18. The largest absolute Gasteiger partial charge is 0.384 e. The minimum absolute atomic E-state index is 0.0400. The number of pyridine rings is 1. The Bertz CT molecular complexity index is 673. The van der Waals surface area contributed by atoms with Crippen LogP contribution in [0.4, 0.5) is 16.0 Å². The normalized spacial score (nSPS) is 11.2. The molecule has 2 rings (SSSR count). The topological polar surface area (TPSA) is 85.1 Å². The highest BCUT2D eigenvalue weighted by molar-refractivity contribution is 7.92. The van der Waals surface area contributed by atoms with Crippen LogP contribution in [-0.4, -0.2) is 13.4 Å². The average molecular weight is 267 g/mol. The first-order valence-electron chi connectivity index (χ1n) is 4.99. The minimum Gasteiger partial charge on any atom is -0.384 e. The molecule has 1 heterocycles. The molecule has 0 aliphatic rings. The van der Waals surface area contributed by atoms with Crippen LogP contribution in [0.1, 0.15) is 0 Å². The number of aromatic nitrogens is 1. The van der Waals surface area contributed by atoms with E-state index in [0.717, 1.165) is 6.07 Å². The number of benzene rings is 1. The first kappa shape index (κ1) is 12.3. The summed E-state index contributed by atoms with van der Waals surface area (Å²) < 4.78 is 39.4. The number of nitrogens with zero attached hydrogens (tertiary/aromatic N) is 1. The minimum atomic E-state index is -4.00. The molecular weight excluding hydrogens is 257 g/mol. The molecule has 0 aliphatic heterocycles. The van der Waals surface area contributed by atoms with Gasteiger partial charge in [-0.25, -0.2) is 17.8 Å². The lowest BCUT2D eigenvalue weighted by Gasteiger charge is -2.08. The Morgan fingerprint density at radius 3 is 2.50 bits per heavy atom. The number of halogens is 1. The fourth-order valence-electron chi connectivity index (χ4n) is 1.36. The van der Waals surface area contributed by atoms with E-state index in [0.29, 0.717) is 0 Å². The number of nitrogens with two attached hydrogens (primary N) is 1. The van der Waals surface area contributed by atoms with Gasteiger partial charge >= 0.3 is 0 Å². The number of anilines is 2. The summed E-state index contributed by atoms with van der Waals surface area (Å²) in [5, 5.41) is 0. The van der Waals surface area contributed by atoms with Crippen molar-refractivity contribution in [2.45, 2.75) is 4.90 Å². The average Bonchev–Trinajstić information content (AvgIpc) is 2.28. The molecule has 0 radical (unpaired) electrons. The molecule has 94 valence electrons. The van der Waals surface area contributed by atoms with Crippen molar-refractivity contribution >= 4 is 21.7 Å². The van der Waals surface area contributed by atoms with E-state index in [1.54, 1.807) is 6.07 Å². The SMILES string of the molecule is Nc1cccc(NS(=O)(=O)c2ccccc2F)n1. The Hall–Kier alpha value is -2.15. The molecule has 0 amide bonds. The Kier molecular flexibility index (Phi) is 3.15. The number of hydrogen-bond donors (Lipinski definition) is 2. The summed E-state index contributed by atoms with van der Waals surface area (Å²) >= 11 is 0. The van der Waals surface area contributed by atoms with Crippen molar-refractivity contribution in [3.8, 4) is 0 Å². The van der Waals surface area contributed by atoms with Crippen LogP contribution in [-0.2, 0) is 10.0 Å². The summed E-state index contributed by atoms with van der Waals surface area (Å²) in [6.07, 6.45) is 0. The number of nitrogens with one attached hydrogen (secondary N) is 1. The van der Waals surface area contributed by atoms with Crippen molar-refractivity contribution in [1.82, 2.24) is 4.98 Å². The molecule has 0 bridgehead atoms. The van der Waals surface area contributed by atoms with Gasteiger partial charge in [0.1, 0.15) is 22.3 Å². The molecule has 1 aromatic heterocycles. The van der Waals surface area contributed by atoms with Crippen molar-refractivity contribution < 1.29 is 12.8 Å². The third-order valence-corrected chi connectivity index (χ3v) is 3.52. The zero-order chi connectivity index (χ0) is 13.2. The van der Waals surface area contributed by atoms with Gasteiger partial charge < -0.3 is 5.73 Å². The molecule has 0 spiro atoms. The van der Waals surface area contributed by atoms with Gasteiger partial charge in [0.2, 0.25) is 0 Å². The summed E-state index contributed by atoms with van der Waals surface area (Å²) in [6.45, 7) is 0. The number of rotatable bonds is 3. The standard InChI is InChI=1S/C11H10FN3O2S/c12-8-4-1-2-5-9(8)18(16,17)15-11-7-3-6-10(13)14-11/h1-7H,(H3,13,14,15). The van der Waals surface area contributed by atoms with Crippen LogP contribution in [0, 0.1) is 5.82 Å². The maximum Gasteiger partial charge on any atom is 0.265 e. The van der Waals surface area contributed by atoms with Crippen molar-refractivity contribution in [1.29, 1.82) is 0 Å². The lowest BCUT2D eigenvalue weighted by Crippen LogP contribution is -2.15.